The monoisotopic (exact) mass is 315 g/mol. The molecule has 0 bridgehead atoms. The Morgan fingerprint density at radius 1 is 1.33 bits per heavy atom. The van der Waals surface area contributed by atoms with E-state index in [0.717, 1.165) is 0 Å². The number of amides is 1. The van der Waals surface area contributed by atoms with Crippen LogP contribution < -0.4 is 14.8 Å². The normalized spacial score (nSPS) is 11.9. The molecule has 0 spiro atoms. The van der Waals surface area contributed by atoms with Crippen LogP contribution in [0.2, 0.25) is 5.02 Å². The van der Waals surface area contributed by atoms with Gasteiger partial charge in [0.1, 0.15) is 18.1 Å². The smallest absolute Gasteiger partial charge is 0.406 e. The van der Waals surface area contributed by atoms with Crippen LogP contribution in [0.25, 0.3) is 0 Å². The summed E-state index contributed by atoms with van der Waals surface area (Å²) in [6.45, 7) is 6.85. The Morgan fingerprint density at radius 3 is 2.62 bits per heavy atom. The molecule has 0 saturated carbocycles. The number of carbonyl (C=O) groups is 1. The number of benzene rings is 1. The summed E-state index contributed by atoms with van der Waals surface area (Å²) in [4.78, 5) is 10.9. The van der Waals surface area contributed by atoms with Crippen molar-refractivity contribution >= 4 is 17.7 Å². The van der Waals surface area contributed by atoms with Crippen LogP contribution in [0.3, 0.4) is 0 Å². The third kappa shape index (κ3) is 6.12. The predicted molar refractivity (Wildman–Crippen MR) is 82.3 cm³/mol. The molecule has 6 heteroatoms. The SMILES string of the molecule is COC(=O)NCCOc1ccc(OC(C)C(C)C)cc1Cl. The first-order valence-electron chi connectivity index (χ1n) is 6.85. The molecule has 1 unspecified atom stereocenters. The first-order valence-corrected chi connectivity index (χ1v) is 7.22. The highest BCUT2D eigenvalue weighted by molar-refractivity contribution is 6.32. The summed E-state index contributed by atoms with van der Waals surface area (Å²) in [7, 11) is 1.31. The van der Waals surface area contributed by atoms with Gasteiger partial charge in [0.05, 0.1) is 24.8 Å². The van der Waals surface area contributed by atoms with E-state index in [1.165, 1.54) is 7.11 Å². The van der Waals surface area contributed by atoms with Gasteiger partial charge in [-0.1, -0.05) is 25.4 Å². The molecule has 0 aliphatic rings. The van der Waals surface area contributed by atoms with Crippen molar-refractivity contribution in [3.63, 3.8) is 0 Å². The zero-order valence-corrected chi connectivity index (χ0v) is 13.6. The van der Waals surface area contributed by atoms with Crippen molar-refractivity contribution in [2.45, 2.75) is 26.9 Å². The average molecular weight is 316 g/mol. The third-order valence-corrected chi connectivity index (χ3v) is 3.27. The van der Waals surface area contributed by atoms with E-state index in [9.17, 15) is 4.79 Å². The molecule has 1 aromatic rings. The summed E-state index contributed by atoms with van der Waals surface area (Å²) in [5.41, 5.74) is 0. The van der Waals surface area contributed by atoms with E-state index >= 15 is 0 Å². The molecule has 0 aromatic heterocycles. The molecule has 21 heavy (non-hydrogen) atoms. The van der Waals surface area contributed by atoms with Gasteiger partial charge in [-0.05, 0) is 25.0 Å². The Bertz CT molecular complexity index is 465. The Hall–Kier alpha value is -1.62. The van der Waals surface area contributed by atoms with Gasteiger partial charge in [-0.2, -0.15) is 0 Å². The van der Waals surface area contributed by atoms with Crippen LogP contribution in [0.5, 0.6) is 11.5 Å². The largest absolute Gasteiger partial charge is 0.490 e. The molecule has 1 rings (SSSR count). The molecule has 118 valence electrons. The van der Waals surface area contributed by atoms with Crippen molar-refractivity contribution in [1.29, 1.82) is 0 Å². The van der Waals surface area contributed by atoms with E-state index in [0.29, 0.717) is 35.6 Å². The number of nitrogens with one attached hydrogen (secondary N) is 1. The van der Waals surface area contributed by atoms with E-state index in [1.54, 1.807) is 12.1 Å². The van der Waals surface area contributed by atoms with Crippen molar-refractivity contribution in [1.82, 2.24) is 5.32 Å². The summed E-state index contributed by atoms with van der Waals surface area (Å²) in [5.74, 6) is 1.68. The minimum absolute atomic E-state index is 0.108. The lowest BCUT2D eigenvalue weighted by Gasteiger charge is -2.18. The van der Waals surface area contributed by atoms with Gasteiger partial charge in [0.25, 0.3) is 0 Å². The number of alkyl carbamates (subject to hydrolysis) is 1. The molecule has 1 amide bonds. The van der Waals surface area contributed by atoms with Gasteiger partial charge >= 0.3 is 6.09 Å². The fourth-order valence-electron chi connectivity index (χ4n) is 1.41. The predicted octanol–water partition coefficient (Wildman–Crippen LogP) is 3.50. The molecule has 5 nitrogen and oxygen atoms in total. The lowest BCUT2D eigenvalue weighted by Crippen LogP contribution is -2.27. The first-order chi connectivity index (χ1) is 9.93. The zero-order chi connectivity index (χ0) is 15.8. The second-order valence-electron chi connectivity index (χ2n) is 4.93. The van der Waals surface area contributed by atoms with Crippen molar-refractivity contribution in [3.8, 4) is 11.5 Å². The van der Waals surface area contributed by atoms with Crippen molar-refractivity contribution in [3.05, 3.63) is 23.2 Å². The van der Waals surface area contributed by atoms with Crippen LogP contribution in [0.15, 0.2) is 18.2 Å². The van der Waals surface area contributed by atoms with Crippen LogP contribution in [-0.2, 0) is 4.74 Å². The first kappa shape index (κ1) is 17.4. The lowest BCUT2D eigenvalue weighted by molar-refractivity contribution is 0.168. The van der Waals surface area contributed by atoms with Crippen LogP contribution in [-0.4, -0.2) is 32.5 Å². The molecule has 0 radical (unpaired) electrons. The van der Waals surface area contributed by atoms with Gasteiger partial charge < -0.3 is 19.5 Å². The fraction of sp³-hybridized carbons (Fsp3) is 0.533. The van der Waals surface area contributed by atoms with Crippen LogP contribution in [0.4, 0.5) is 4.79 Å². The second-order valence-corrected chi connectivity index (χ2v) is 5.33. The molecule has 0 aliphatic heterocycles. The number of methoxy groups -OCH3 is 1. The van der Waals surface area contributed by atoms with Gasteiger partial charge in [-0.25, -0.2) is 4.79 Å². The number of rotatable bonds is 7. The number of hydrogen-bond acceptors (Lipinski definition) is 4. The third-order valence-electron chi connectivity index (χ3n) is 2.98. The second kappa shape index (κ2) is 8.62. The molecular formula is C15H22ClNO4. The van der Waals surface area contributed by atoms with Crippen molar-refractivity contribution in [2.24, 2.45) is 5.92 Å². The van der Waals surface area contributed by atoms with E-state index in [-0.39, 0.29) is 6.10 Å². The van der Waals surface area contributed by atoms with Gasteiger partial charge in [0, 0.05) is 6.07 Å². The number of carbonyl (C=O) groups excluding carboxylic acids is 1. The summed E-state index contributed by atoms with van der Waals surface area (Å²) >= 11 is 6.14. The minimum atomic E-state index is -0.490. The van der Waals surface area contributed by atoms with E-state index < -0.39 is 6.09 Å². The van der Waals surface area contributed by atoms with Gasteiger partial charge in [0.15, 0.2) is 0 Å². The molecule has 0 aliphatic carbocycles. The maximum atomic E-state index is 10.9. The van der Waals surface area contributed by atoms with Gasteiger partial charge in [0.2, 0.25) is 0 Å². The topological polar surface area (TPSA) is 56.8 Å². The Kier molecular flexibility index (Phi) is 7.15. The number of ether oxygens (including phenoxy) is 3. The highest BCUT2D eigenvalue weighted by atomic mass is 35.5. The van der Waals surface area contributed by atoms with Crippen LogP contribution in [0.1, 0.15) is 20.8 Å². The Balaban J connectivity index is 2.48. The zero-order valence-electron chi connectivity index (χ0n) is 12.8. The molecule has 1 aromatic carbocycles. The number of halogens is 1. The Labute approximate surface area is 130 Å². The molecule has 0 heterocycles. The molecular weight excluding hydrogens is 294 g/mol. The van der Waals surface area contributed by atoms with Gasteiger partial charge in [-0.15, -0.1) is 0 Å². The minimum Gasteiger partial charge on any atom is -0.490 e. The fourth-order valence-corrected chi connectivity index (χ4v) is 1.63. The summed E-state index contributed by atoms with van der Waals surface area (Å²) in [5, 5.41) is 2.99. The Morgan fingerprint density at radius 2 is 2.05 bits per heavy atom. The van der Waals surface area contributed by atoms with Crippen LogP contribution >= 0.6 is 11.6 Å². The summed E-state index contributed by atoms with van der Waals surface area (Å²) < 4.78 is 15.7. The highest BCUT2D eigenvalue weighted by Crippen LogP contribution is 2.29. The van der Waals surface area contributed by atoms with E-state index in [2.05, 4.69) is 23.9 Å². The number of hydrogen-bond donors (Lipinski definition) is 1. The summed E-state index contributed by atoms with van der Waals surface area (Å²) in [6.07, 6.45) is -0.381. The molecule has 1 atom stereocenters. The lowest BCUT2D eigenvalue weighted by atomic mass is 10.1. The molecule has 0 saturated heterocycles. The molecule has 1 N–H and O–H groups in total. The summed E-state index contributed by atoms with van der Waals surface area (Å²) in [6, 6.07) is 5.29. The van der Waals surface area contributed by atoms with E-state index in [1.807, 2.05) is 13.0 Å². The van der Waals surface area contributed by atoms with Crippen molar-refractivity contribution < 1.29 is 19.0 Å². The maximum Gasteiger partial charge on any atom is 0.406 e. The average Bonchev–Trinajstić information content (AvgIpc) is 2.44. The van der Waals surface area contributed by atoms with Crippen molar-refractivity contribution in [2.75, 3.05) is 20.3 Å². The standard InChI is InChI=1S/C15H22ClNO4/c1-10(2)11(3)21-12-5-6-14(13(16)9-12)20-8-7-17-15(18)19-4/h5-6,9-11H,7-8H2,1-4H3,(H,17,18). The van der Waals surface area contributed by atoms with Gasteiger partial charge in [-0.3, -0.25) is 0 Å². The highest BCUT2D eigenvalue weighted by Gasteiger charge is 2.10. The van der Waals surface area contributed by atoms with Crippen LogP contribution in [0, 0.1) is 5.92 Å². The quantitative estimate of drug-likeness (QED) is 0.782. The van der Waals surface area contributed by atoms with E-state index in [4.69, 9.17) is 21.1 Å². The molecule has 0 fully saturated rings. The maximum absolute atomic E-state index is 10.9.